The van der Waals surface area contributed by atoms with Crippen molar-refractivity contribution in [3.8, 4) is 0 Å². The molecule has 1 saturated heterocycles. The fourth-order valence-corrected chi connectivity index (χ4v) is 2.97. The molecule has 1 atom stereocenters. The lowest BCUT2D eigenvalue weighted by molar-refractivity contribution is 0.0952. The van der Waals surface area contributed by atoms with Crippen molar-refractivity contribution in [3.63, 3.8) is 0 Å². The number of amides is 1. The topological polar surface area (TPSA) is 63.2 Å². The van der Waals surface area contributed by atoms with Crippen LogP contribution in [0.2, 0.25) is 0 Å². The molecule has 0 radical (unpaired) electrons. The highest BCUT2D eigenvalue weighted by atomic mass is 16.5. The highest BCUT2D eigenvalue weighted by molar-refractivity contribution is 6.07. The summed E-state index contributed by atoms with van der Waals surface area (Å²) in [5, 5.41) is 7.29. The highest BCUT2D eigenvalue weighted by Gasteiger charge is 2.25. The Bertz CT molecular complexity index is 721. The van der Waals surface area contributed by atoms with Crippen LogP contribution in [0.1, 0.15) is 36.0 Å². The highest BCUT2D eigenvalue weighted by Crippen LogP contribution is 2.24. The fourth-order valence-electron chi connectivity index (χ4n) is 2.97. The first-order valence-electron chi connectivity index (χ1n) is 8.36. The zero-order valence-corrected chi connectivity index (χ0v) is 13.0. The maximum Gasteiger partial charge on any atom is 0.252 e. The van der Waals surface area contributed by atoms with Gasteiger partial charge in [0.2, 0.25) is 0 Å². The Balaban J connectivity index is 1.60. The molecule has 4 rings (SSSR count). The maximum absolute atomic E-state index is 12.5. The number of nitrogens with zero attached hydrogens (tertiary/aromatic N) is 1. The number of fused-ring (bicyclic) bond motifs is 1. The third-order valence-corrected chi connectivity index (χ3v) is 4.41. The first-order chi connectivity index (χ1) is 11.3. The Morgan fingerprint density at radius 2 is 2.13 bits per heavy atom. The number of rotatable bonds is 5. The summed E-state index contributed by atoms with van der Waals surface area (Å²) in [6.45, 7) is 1.57. The quantitative estimate of drug-likeness (QED) is 0.891. The molecule has 120 valence electrons. The maximum atomic E-state index is 12.5. The molecular formula is C18H21N3O2. The van der Waals surface area contributed by atoms with Crippen LogP contribution in [0.3, 0.4) is 0 Å². The molecule has 1 aromatic heterocycles. The number of carbonyl (C=O) groups is 1. The lowest BCUT2D eigenvalue weighted by atomic mass is 10.1. The first-order valence-corrected chi connectivity index (χ1v) is 8.36. The smallest absolute Gasteiger partial charge is 0.252 e. The molecule has 1 aliphatic heterocycles. The van der Waals surface area contributed by atoms with Crippen LogP contribution in [0.15, 0.2) is 30.3 Å². The van der Waals surface area contributed by atoms with Crippen molar-refractivity contribution in [2.45, 2.75) is 37.8 Å². The second kappa shape index (κ2) is 6.16. The predicted octanol–water partition coefficient (Wildman–Crippen LogP) is 2.72. The predicted molar refractivity (Wildman–Crippen MR) is 89.7 cm³/mol. The van der Waals surface area contributed by atoms with E-state index in [0.29, 0.717) is 11.6 Å². The van der Waals surface area contributed by atoms with Gasteiger partial charge in [-0.25, -0.2) is 4.98 Å². The van der Waals surface area contributed by atoms with Crippen molar-refractivity contribution in [3.05, 3.63) is 35.9 Å². The SMILES string of the molecule is O=C(NC1CC1)c1cc(NCC2CCCO2)nc2ccccc12. The Morgan fingerprint density at radius 3 is 2.91 bits per heavy atom. The van der Waals surface area contributed by atoms with Crippen LogP contribution in [0, 0.1) is 0 Å². The van der Waals surface area contributed by atoms with Crippen molar-refractivity contribution in [1.82, 2.24) is 10.3 Å². The van der Waals surface area contributed by atoms with Gasteiger partial charge in [0.25, 0.3) is 5.91 Å². The van der Waals surface area contributed by atoms with E-state index >= 15 is 0 Å². The van der Waals surface area contributed by atoms with Gasteiger partial charge in [-0.05, 0) is 37.8 Å². The summed E-state index contributed by atoms with van der Waals surface area (Å²) in [5.41, 5.74) is 1.53. The number of para-hydroxylation sites is 1. The summed E-state index contributed by atoms with van der Waals surface area (Å²) in [4.78, 5) is 17.2. The van der Waals surface area contributed by atoms with E-state index in [-0.39, 0.29) is 12.0 Å². The van der Waals surface area contributed by atoms with E-state index in [0.717, 1.165) is 55.6 Å². The number of carbonyl (C=O) groups excluding carboxylic acids is 1. The minimum absolute atomic E-state index is 0.00809. The molecule has 5 heteroatoms. The number of anilines is 1. The molecule has 2 heterocycles. The summed E-state index contributed by atoms with van der Waals surface area (Å²) in [6, 6.07) is 9.99. The lowest BCUT2D eigenvalue weighted by Gasteiger charge is -2.14. The average Bonchev–Trinajstić information content (AvgIpc) is 3.23. The summed E-state index contributed by atoms with van der Waals surface area (Å²) in [5.74, 6) is 0.728. The molecule has 1 amide bonds. The minimum atomic E-state index is -0.00809. The van der Waals surface area contributed by atoms with Crippen molar-refractivity contribution < 1.29 is 9.53 Å². The third-order valence-electron chi connectivity index (χ3n) is 4.41. The average molecular weight is 311 g/mol. The molecule has 1 aliphatic carbocycles. The van der Waals surface area contributed by atoms with Gasteiger partial charge in [0, 0.05) is 24.6 Å². The largest absolute Gasteiger partial charge is 0.376 e. The van der Waals surface area contributed by atoms with Crippen molar-refractivity contribution in [2.24, 2.45) is 0 Å². The lowest BCUT2D eigenvalue weighted by Crippen LogP contribution is -2.26. The first kappa shape index (κ1) is 14.5. The molecule has 2 aliphatic rings. The number of benzene rings is 1. The Hall–Kier alpha value is -2.14. The van der Waals surface area contributed by atoms with Crippen LogP contribution in [0.5, 0.6) is 0 Å². The molecule has 0 spiro atoms. The molecule has 2 N–H and O–H groups in total. The third kappa shape index (κ3) is 3.29. The molecule has 2 aromatic rings. The normalized spacial score (nSPS) is 20.6. The number of hydrogen-bond donors (Lipinski definition) is 2. The molecule has 23 heavy (non-hydrogen) atoms. The number of ether oxygens (including phenoxy) is 1. The Morgan fingerprint density at radius 1 is 1.26 bits per heavy atom. The zero-order chi connectivity index (χ0) is 15.6. The van der Waals surface area contributed by atoms with Crippen LogP contribution >= 0.6 is 0 Å². The van der Waals surface area contributed by atoms with Gasteiger partial charge < -0.3 is 15.4 Å². The number of pyridine rings is 1. The molecule has 5 nitrogen and oxygen atoms in total. The molecule has 1 unspecified atom stereocenters. The van der Waals surface area contributed by atoms with Crippen molar-refractivity contribution in [1.29, 1.82) is 0 Å². The second-order valence-electron chi connectivity index (χ2n) is 6.34. The van der Waals surface area contributed by atoms with Gasteiger partial charge >= 0.3 is 0 Å². The van der Waals surface area contributed by atoms with E-state index in [2.05, 4.69) is 15.6 Å². The standard InChI is InChI=1S/C18H21N3O2/c22-18(20-12-7-8-12)15-10-17(19-11-13-4-3-9-23-13)21-16-6-2-1-5-14(15)16/h1-2,5-6,10,12-13H,3-4,7-9,11H2,(H,19,21)(H,20,22). The molecule has 0 bridgehead atoms. The van der Waals surface area contributed by atoms with E-state index < -0.39 is 0 Å². The Labute approximate surface area is 135 Å². The monoisotopic (exact) mass is 311 g/mol. The van der Waals surface area contributed by atoms with Gasteiger partial charge in [-0.2, -0.15) is 0 Å². The van der Waals surface area contributed by atoms with Crippen molar-refractivity contribution in [2.75, 3.05) is 18.5 Å². The van der Waals surface area contributed by atoms with Crippen LogP contribution in [0.25, 0.3) is 10.9 Å². The van der Waals surface area contributed by atoms with Gasteiger partial charge in [-0.3, -0.25) is 4.79 Å². The molecule has 2 fully saturated rings. The van der Waals surface area contributed by atoms with Crippen molar-refractivity contribution >= 4 is 22.6 Å². The Kier molecular flexibility index (Phi) is 3.87. The zero-order valence-electron chi connectivity index (χ0n) is 13.0. The van der Waals surface area contributed by atoms with E-state index in [1.54, 1.807) is 0 Å². The van der Waals surface area contributed by atoms with Crippen LogP contribution < -0.4 is 10.6 Å². The van der Waals surface area contributed by atoms with Crippen LogP contribution in [-0.4, -0.2) is 36.2 Å². The van der Waals surface area contributed by atoms with Gasteiger partial charge in [0.15, 0.2) is 0 Å². The summed E-state index contributed by atoms with van der Waals surface area (Å²) in [6.07, 6.45) is 4.60. The summed E-state index contributed by atoms with van der Waals surface area (Å²) in [7, 11) is 0. The second-order valence-corrected chi connectivity index (χ2v) is 6.34. The molecule has 1 aromatic carbocycles. The van der Waals surface area contributed by atoms with E-state index in [1.165, 1.54) is 0 Å². The molecular weight excluding hydrogens is 290 g/mol. The van der Waals surface area contributed by atoms with Crippen LogP contribution in [0.4, 0.5) is 5.82 Å². The number of hydrogen-bond acceptors (Lipinski definition) is 4. The summed E-state index contributed by atoms with van der Waals surface area (Å²) >= 11 is 0. The van der Waals surface area contributed by atoms with E-state index in [9.17, 15) is 4.79 Å². The van der Waals surface area contributed by atoms with E-state index in [1.807, 2.05) is 30.3 Å². The van der Waals surface area contributed by atoms with Gasteiger partial charge in [0.05, 0.1) is 17.2 Å². The van der Waals surface area contributed by atoms with Crippen LogP contribution in [-0.2, 0) is 4.74 Å². The van der Waals surface area contributed by atoms with Gasteiger partial charge in [0.1, 0.15) is 5.82 Å². The van der Waals surface area contributed by atoms with E-state index in [4.69, 9.17) is 4.74 Å². The number of nitrogens with one attached hydrogen (secondary N) is 2. The minimum Gasteiger partial charge on any atom is -0.376 e. The fraction of sp³-hybridized carbons (Fsp3) is 0.444. The molecule has 1 saturated carbocycles. The van der Waals surface area contributed by atoms with Gasteiger partial charge in [-0.1, -0.05) is 18.2 Å². The van der Waals surface area contributed by atoms with Gasteiger partial charge in [-0.15, -0.1) is 0 Å². The summed E-state index contributed by atoms with van der Waals surface area (Å²) < 4.78 is 5.63. The number of aromatic nitrogens is 1.